The highest BCUT2D eigenvalue weighted by Gasteiger charge is 2.18. The first-order chi connectivity index (χ1) is 15.0. The maximum atomic E-state index is 13.1. The van der Waals surface area contributed by atoms with Gasteiger partial charge in [0.25, 0.3) is 5.91 Å². The summed E-state index contributed by atoms with van der Waals surface area (Å²) in [6.07, 6.45) is 2.60. The molecule has 0 fully saturated rings. The van der Waals surface area contributed by atoms with E-state index in [4.69, 9.17) is 4.98 Å². The van der Waals surface area contributed by atoms with Crippen LogP contribution in [-0.4, -0.2) is 20.3 Å². The molecule has 5 rings (SSSR count). The van der Waals surface area contributed by atoms with Crippen LogP contribution in [-0.2, 0) is 6.42 Å². The minimum atomic E-state index is -0.156. The van der Waals surface area contributed by atoms with Gasteiger partial charge in [-0.15, -0.1) is 11.3 Å². The lowest BCUT2D eigenvalue weighted by atomic mass is 10.2. The summed E-state index contributed by atoms with van der Waals surface area (Å²) in [5.74, 6) is -0.156. The smallest absolute Gasteiger partial charge is 0.274 e. The lowest BCUT2D eigenvalue weighted by Crippen LogP contribution is -2.16. The topological polar surface area (TPSA) is 59.3 Å². The number of imidazole rings is 1. The van der Waals surface area contributed by atoms with Crippen molar-refractivity contribution in [2.75, 3.05) is 5.32 Å². The number of hydrogen-bond acceptors (Lipinski definition) is 4. The first kappa shape index (κ1) is 19.5. The number of benzene rings is 2. The van der Waals surface area contributed by atoms with Gasteiger partial charge in [0, 0.05) is 17.4 Å². The van der Waals surface area contributed by atoms with Crippen LogP contribution in [0, 0.1) is 13.8 Å². The normalized spacial score (nSPS) is 11.3. The van der Waals surface area contributed by atoms with E-state index >= 15 is 0 Å². The van der Waals surface area contributed by atoms with Crippen molar-refractivity contribution >= 4 is 38.8 Å². The molecule has 0 bridgehead atoms. The molecule has 154 valence electrons. The molecule has 1 amide bonds. The van der Waals surface area contributed by atoms with E-state index < -0.39 is 0 Å². The molecule has 2 aromatic carbocycles. The van der Waals surface area contributed by atoms with Crippen molar-refractivity contribution in [3.8, 4) is 10.6 Å². The highest BCUT2D eigenvalue weighted by molar-refractivity contribution is 7.21. The number of aryl methyl sites for hydroxylation is 3. The summed E-state index contributed by atoms with van der Waals surface area (Å²) >= 11 is 1.68. The van der Waals surface area contributed by atoms with Gasteiger partial charge in [0.2, 0.25) is 0 Å². The number of fused-ring (bicyclic) bond motifs is 2. The van der Waals surface area contributed by atoms with Crippen LogP contribution in [0.15, 0.2) is 60.8 Å². The summed E-state index contributed by atoms with van der Waals surface area (Å²) in [6.45, 7) is 6.12. The minimum absolute atomic E-state index is 0.156. The lowest BCUT2D eigenvalue weighted by molar-refractivity contribution is 0.102. The largest absolute Gasteiger partial charge is 0.321 e. The quantitative estimate of drug-likeness (QED) is 0.381. The van der Waals surface area contributed by atoms with Gasteiger partial charge < -0.3 is 5.32 Å². The second-order valence-electron chi connectivity index (χ2n) is 7.71. The second-order valence-corrected chi connectivity index (χ2v) is 8.75. The molecule has 3 aromatic heterocycles. The number of carbonyl (C=O) groups is 1. The van der Waals surface area contributed by atoms with Crippen LogP contribution in [0.2, 0.25) is 0 Å². The number of rotatable bonds is 4. The summed E-state index contributed by atoms with van der Waals surface area (Å²) in [4.78, 5) is 22.4. The molecule has 31 heavy (non-hydrogen) atoms. The summed E-state index contributed by atoms with van der Waals surface area (Å²) in [5.41, 5.74) is 7.32. The van der Waals surface area contributed by atoms with Crippen molar-refractivity contribution in [3.63, 3.8) is 0 Å². The Balaban J connectivity index is 1.42. The predicted octanol–water partition coefficient (Wildman–Crippen LogP) is 6.04. The fourth-order valence-corrected chi connectivity index (χ4v) is 4.79. The van der Waals surface area contributed by atoms with E-state index in [0.29, 0.717) is 12.1 Å². The molecule has 5 aromatic rings. The molecule has 6 heteroatoms. The zero-order valence-electron chi connectivity index (χ0n) is 17.6. The van der Waals surface area contributed by atoms with Crippen molar-refractivity contribution in [2.45, 2.75) is 27.2 Å². The average Bonchev–Trinajstić information content (AvgIpc) is 3.34. The average molecular weight is 427 g/mol. The highest BCUT2D eigenvalue weighted by Crippen LogP contribution is 2.31. The number of aromatic nitrogens is 3. The molecule has 0 radical (unpaired) electrons. The Morgan fingerprint density at radius 2 is 1.77 bits per heavy atom. The van der Waals surface area contributed by atoms with Crippen molar-refractivity contribution in [1.29, 1.82) is 0 Å². The van der Waals surface area contributed by atoms with Gasteiger partial charge in [-0.2, -0.15) is 0 Å². The molecule has 0 aliphatic heterocycles. The van der Waals surface area contributed by atoms with E-state index in [0.717, 1.165) is 38.7 Å². The zero-order valence-corrected chi connectivity index (χ0v) is 18.5. The van der Waals surface area contributed by atoms with Crippen LogP contribution in [0.25, 0.3) is 26.4 Å². The molecule has 0 atom stereocenters. The number of carbonyl (C=O) groups excluding carboxylic acids is 1. The van der Waals surface area contributed by atoms with Crippen LogP contribution < -0.4 is 5.32 Å². The third-order valence-corrected chi connectivity index (χ3v) is 6.40. The summed E-state index contributed by atoms with van der Waals surface area (Å²) < 4.78 is 3.04. The number of amides is 1. The first-order valence-electron chi connectivity index (χ1n) is 10.3. The third-order valence-electron chi connectivity index (χ3n) is 5.34. The molecule has 1 N–H and O–H groups in total. The Hall–Kier alpha value is -3.51. The van der Waals surface area contributed by atoms with Gasteiger partial charge in [0.1, 0.15) is 16.3 Å². The lowest BCUT2D eigenvalue weighted by Gasteiger charge is -2.07. The predicted molar refractivity (Wildman–Crippen MR) is 127 cm³/mol. The number of nitrogens with one attached hydrogen (secondary N) is 1. The van der Waals surface area contributed by atoms with Crippen LogP contribution in [0.5, 0.6) is 0 Å². The number of anilines is 1. The van der Waals surface area contributed by atoms with E-state index in [9.17, 15) is 4.79 Å². The van der Waals surface area contributed by atoms with Gasteiger partial charge in [-0.1, -0.05) is 13.0 Å². The molecule has 0 aliphatic rings. The van der Waals surface area contributed by atoms with Crippen LogP contribution in [0.3, 0.4) is 0 Å². The first-order valence-corrected chi connectivity index (χ1v) is 11.1. The number of thiazole rings is 1. The zero-order chi connectivity index (χ0) is 21.5. The fourth-order valence-electron chi connectivity index (χ4n) is 3.72. The SMILES string of the molecule is CCc1nc2cc(C)ccn2c1C(=O)Nc1ccc(-c2nc3ccc(C)cc3s2)cc1. The Morgan fingerprint density at radius 3 is 2.55 bits per heavy atom. The van der Waals surface area contributed by atoms with Crippen molar-refractivity contribution < 1.29 is 4.79 Å². The van der Waals surface area contributed by atoms with Gasteiger partial charge in [0.05, 0.1) is 15.9 Å². The molecule has 0 saturated carbocycles. The van der Waals surface area contributed by atoms with Gasteiger partial charge in [-0.25, -0.2) is 9.97 Å². The van der Waals surface area contributed by atoms with E-state index in [1.54, 1.807) is 11.3 Å². The molecule has 0 aliphatic carbocycles. The Kier molecular flexibility index (Phi) is 4.79. The van der Waals surface area contributed by atoms with Crippen molar-refractivity contribution in [2.24, 2.45) is 0 Å². The number of nitrogens with zero attached hydrogens (tertiary/aromatic N) is 3. The number of pyridine rings is 1. The fraction of sp³-hybridized carbons (Fsp3) is 0.160. The van der Waals surface area contributed by atoms with Crippen molar-refractivity contribution in [3.05, 3.63) is 83.3 Å². The molecule has 0 saturated heterocycles. The molecule has 0 spiro atoms. The monoisotopic (exact) mass is 426 g/mol. The summed E-state index contributed by atoms with van der Waals surface area (Å²) in [6, 6.07) is 18.1. The Morgan fingerprint density at radius 1 is 1.00 bits per heavy atom. The summed E-state index contributed by atoms with van der Waals surface area (Å²) in [5, 5.41) is 4.00. The van der Waals surface area contributed by atoms with Gasteiger partial charge >= 0.3 is 0 Å². The molecule has 3 heterocycles. The Labute approximate surface area is 184 Å². The standard InChI is InChI=1S/C25H22N4OS/c1-4-19-23(29-12-11-16(3)14-22(29)27-19)24(30)26-18-8-6-17(7-9-18)25-28-20-10-5-15(2)13-21(20)31-25/h5-14H,4H2,1-3H3,(H,26,30). The van der Waals surface area contributed by atoms with Gasteiger partial charge in [-0.05, 0) is 79.9 Å². The van der Waals surface area contributed by atoms with Gasteiger partial charge in [0.15, 0.2) is 0 Å². The molecular weight excluding hydrogens is 404 g/mol. The van der Waals surface area contributed by atoms with Crippen LogP contribution >= 0.6 is 11.3 Å². The molecule has 0 unspecified atom stereocenters. The van der Waals surface area contributed by atoms with E-state index in [1.165, 1.54) is 10.3 Å². The van der Waals surface area contributed by atoms with Gasteiger partial charge in [-0.3, -0.25) is 9.20 Å². The van der Waals surface area contributed by atoms with Crippen molar-refractivity contribution in [1.82, 2.24) is 14.4 Å². The minimum Gasteiger partial charge on any atom is -0.321 e. The van der Waals surface area contributed by atoms with Crippen LogP contribution in [0.1, 0.15) is 34.2 Å². The number of hydrogen-bond donors (Lipinski definition) is 1. The molecule has 5 nitrogen and oxygen atoms in total. The maximum Gasteiger partial charge on any atom is 0.274 e. The highest BCUT2D eigenvalue weighted by atomic mass is 32.1. The van der Waals surface area contributed by atoms with E-state index in [-0.39, 0.29) is 5.91 Å². The maximum absolute atomic E-state index is 13.1. The molecular formula is C25H22N4OS. The van der Waals surface area contributed by atoms with E-state index in [1.807, 2.05) is 60.8 Å². The van der Waals surface area contributed by atoms with E-state index in [2.05, 4.69) is 35.4 Å². The second kappa shape index (κ2) is 7.63. The van der Waals surface area contributed by atoms with Crippen LogP contribution in [0.4, 0.5) is 5.69 Å². The third kappa shape index (κ3) is 3.59. The summed E-state index contributed by atoms with van der Waals surface area (Å²) in [7, 11) is 0. The Bertz CT molecular complexity index is 1430.